The van der Waals surface area contributed by atoms with E-state index in [1.807, 2.05) is 0 Å². The molecule has 0 aromatic heterocycles. The third kappa shape index (κ3) is 5.29. The Morgan fingerprint density at radius 2 is 1.89 bits per heavy atom. The standard InChI is InChI=1S/C20H20F4N2O/c21-17-8-6-14(7-9-17)12-26-10-2-3-15(13-26)19(27)25-18-5-1-4-16(11-18)20(22,23)24/h1,4-9,11,15H,2-3,10,12-13H2,(H,25,27)/t15-/m1/s1. The predicted octanol–water partition coefficient (Wildman–Crippen LogP) is 4.70. The van der Waals surface area contributed by atoms with Crippen LogP contribution in [-0.2, 0) is 17.5 Å². The number of nitrogens with zero attached hydrogens (tertiary/aromatic N) is 1. The van der Waals surface area contributed by atoms with Crippen molar-refractivity contribution in [2.45, 2.75) is 25.6 Å². The maximum absolute atomic E-state index is 13.0. The Balaban J connectivity index is 1.60. The quantitative estimate of drug-likeness (QED) is 0.780. The average Bonchev–Trinajstić information content (AvgIpc) is 2.63. The van der Waals surface area contributed by atoms with Gasteiger partial charge in [-0.1, -0.05) is 18.2 Å². The summed E-state index contributed by atoms with van der Waals surface area (Å²) in [6.07, 6.45) is -2.94. The van der Waals surface area contributed by atoms with Gasteiger partial charge < -0.3 is 5.32 Å². The van der Waals surface area contributed by atoms with Crippen LogP contribution in [-0.4, -0.2) is 23.9 Å². The number of alkyl halides is 3. The molecule has 0 unspecified atom stereocenters. The maximum Gasteiger partial charge on any atom is 0.416 e. The molecular weight excluding hydrogens is 360 g/mol. The Labute approximate surface area is 155 Å². The van der Waals surface area contributed by atoms with Gasteiger partial charge in [0.1, 0.15) is 5.82 Å². The van der Waals surface area contributed by atoms with Crippen LogP contribution in [0.5, 0.6) is 0 Å². The van der Waals surface area contributed by atoms with Gasteiger partial charge in [0.25, 0.3) is 0 Å². The normalized spacial score (nSPS) is 18.3. The second-order valence-corrected chi connectivity index (χ2v) is 6.77. The average molecular weight is 380 g/mol. The first-order valence-electron chi connectivity index (χ1n) is 8.76. The molecule has 1 aliphatic rings. The molecule has 3 rings (SSSR count). The van der Waals surface area contributed by atoms with Crippen LogP contribution in [0.1, 0.15) is 24.0 Å². The van der Waals surface area contributed by atoms with Crippen molar-refractivity contribution in [1.82, 2.24) is 4.90 Å². The number of rotatable bonds is 4. The minimum Gasteiger partial charge on any atom is -0.326 e. The second kappa shape index (κ2) is 8.08. The van der Waals surface area contributed by atoms with Crippen LogP contribution in [0.15, 0.2) is 48.5 Å². The first-order chi connectivity index (χ1) is 12.8. The number of amides is 1. The van der Waals surface area contributed by atoms with Gasteiger partial charge in [-0.2, -0.15) is 13.2 Å². The van der Waals surface area contributed by atoms with Crippen molar-refractivity contribution in [3.63, 3.8) is 0 Å². The number of anilines is 1. The van der Waals surface area contributed by atoms with Crippen molar-refractivity contribution in [3.05, 3.63) is 65.5 Å². The molecule has 2 aromatic carbocycles. The number of likely N-dealkylation sites (tertiary alicyclic amines) is 1. The van der Waals surface area contributed by atoms with Crippen LogP contribution in [0.4, 0.5) is 23.2 Å². The molecular formula is C20H20F4N2O. The minimum absolute atomic E-state index is 0.144. The summed E-state index contributed by atoms with van der Waals surface area (Å²) >= 11 is 0. The molecule has 0 spiro atoms. The summed E-state index contributed by atoms with van der Waals surface area (Å²) in [7, 11) is 0. The molecule has 0 bridgehead atoms. The van der Waals surface area contributed by atoms with Crippen molar-refractivity contribution < 1.29 is 22.4 Å². The van der Waals surface area contributed by atoms with Gasteiger partial charge in [0.15, 0.2) is 0 Å². The first kappa shape index (κ1) is 19.4. The summed E-state index contributed by atoms with van der Waals surface area (Å²) in [4.78, 5) is 14.6. The van der Waals surface area contributed by atoms with Crippen molar-refractivity contribution in [1.29, 1.82) is 0 Å². The summed E-state index contributed by atoms with van der Waals surface area (Å²) in [5.74, 6) is -0.873. The van der Waals surface area contributed by atoms with E-state index in [-0.39, 0.29) is 23.3 Å². The molecule has 1 atom stereocenters. The van der Waals surface area contributed by atoms with Crippen LogP contribution >= 0.6 is 0 Å². The fraction of sp³-hybridized carbons (Fsp3) is 0.350. The van der Waals surface area contributed by atoms with Gasteiger partial charge >= 0.3 is 6.18 Å². The lowest BCUT2D eigenvalue weighted by Crippen LogP contribution is -2.40. The summed E-state index contributed by atoms with van der Waals surface area (Å²) in [6.45, 7) is 1.94. The summed E-state index contributed by atoms with van der Waals surface area (Å²) in [6, 6.07) is 10.9. The van der Waals surface area contributed by atoms with E-state index < -0.39 is 11.7 Å². The predicted molar refractivity (Wildman–Crippen MR) is 94.5 cm³/mol. The van der Waals surface area contributed by atoms with E-state index >= 15 is 0 Å². The van der Waals surface area contributed by atoms with E-state index in [2.05, 4.69) is 10.2 Å². The van der Waals surface area contributed by atoms with Crippen molar-refractivity contribution in [3.8, 4) is 0 Å². The van der Waals surface area contributed by atoms with Gasteiger partial charge in [-0.05, 0) is 55.3 Å². The van der Waals surface area contributed by atoms with E-state index in [9.17, 15) is 22.4 Å². The maximum atomic E-state index is 13.0. The zero-order valence-electron chi connectivity index (χ0n) is 14.6. The Kier molecular flexibility index (Phi) is 5.79. The van der Waals surface area contributed by atoms with E-state index in [0.29, 0.717) is 19.5 Å². The number of halogens is 4. The molecule has 1 N–H and O–H groups in total. The highest BCUT2D eigenvalue weighted by Gasteiger charge is 2.31. The SMILES string of the molecule is O=C(Nc1cccc(C(F)(F)F)c1)[C@@H]1CCCN(Cc2ccc(F)cc2)C1. The largest absolute Gasteiger partial charge is 0.416 e. The Morgan fingerprint density at radius 3 is 2.59 bits per heavy atom. The highest BCUT2D eigenvalue weighted by atomic mass is 19.4. The van der Waals surface area contributed by atoms with Crippen molar-refractivity contribution in [2.75, 3.05) is 18.4 Å². The molecule has 1 aliphatic heterocycles. The number of hydrogen-bond donors (Lipinski definition) is 1. The van der Waals surface area contributed by atoms with Gasteiger partial charge in [-0.25, -0.2) is 4.39 Å². The summed E-state index contributed by atoms with van der Waals surface area (Å²) < 4.78 is 51.4. The van der Waals surface area contributed by atoms with Crippen molar-refractivity contribution >= 4 is 11.6 Å². The van der Waals surface area contributed by atoms with Gasteiger partial charge in [-0.15, -0.1) is 0 Å². The number of hydrogen-bond acceptors (Lipinski definition) is 2. The first-order valence-corrected chi connectivity index (χ1v) is 8.76. The molecule has 1 amide bonds. The lowest BCUT2D eigenvalue weighted by molar-refractivity contribution is -0.137. The van der Waals surface area contributed by atoms with Crippen molar-refractivity contribution in [2.24, 2.45) is 5.92 Å². The van der Waals surface area contributed by atoms with Gasteiger partial charge in [0.05, 0.1) is 11.5 Å². The molecule has 2 aromatic rings. The third-order valence-corrected chi connectivity index (χ3v) is 4.65. The van der Waals surface area contributed by atoms with E-state index in [1.54, 1.807) is 12.1 Å². The minimum atomic E-state index is -4.45. The van der Waals surface area contributed by atoms with Crippen LogP contribution in [0.2, 0.25) is 0 Å². The van der Waals surface area contributed by atoms with E-state index in [0.717, 1.165) is 30.7 Å². The second-order valence-electron chi connectivity index (χ2n) is 6.77. The highest BCUT2D eigenvalue weighted by molar-refractivity contribution is 5.92. The molecule has 0 aliphatic carbocycles. The Hall–Kier alpha value is -2.41. The molecule has 0 saturated carbocycles. The fourth-order valence-electron chi connectivity index (χ4n) is 3.28. The van der Waals surface area contributed by atoms with Gasteiger partial charge in [-0.3, -0.25) is 9.69 Å². The molecule has 144 valence electrons. The topological polar surface area (TPSA) is 32.3 Å². The lowest BCUT2D eigenvalue weighted by atomic mass is 9.96. The fourth-order valence-corrected chi connectivity index (χ4v) is 3.28. The molecule has 27 heavy (non-hydrogen) atoms. The molecule has 7 heteroatoms. The number of piperidine rings is 1. The molecule has 0 radical (unpaired) electrons. The number of nitrogens with one attached hydrogen (secondary N) is 1. The van der Waals surface area contributed by atoms with E-state index in [4.69, 9.17) is 0 Å². The molecule has 1 heterocycles. The number of carbonyl (C=O) groups is 1. The van der Waals surface area contributed by atoms with Gasteiger partial charge in [0, 0.05) is 18.8 Å². The third-order valence-electron chi connectivity index (χ3n) is 4.65. The summed E-state index contributed by atoms with van der Waals surface area (Å²) in [5, 5.41) is 2.60. The van der Waals surface area contributed by atoms with Crippen LogP contribution in [0.25, 0.3) is 0 Å². The zero-order chi connectivity index (χ0) is 19.4. The monoisotopic (exact) mass is 380 g/mol. The number of carbonyl (C=O) groups excluding carboxylic acids is 1. The lowest BCUT2D eigenvalue weighted by Gasteiger charge is -2.32. The van der Waals surface area contributed by atoms with Crippen LogP contribution < -0.4 is 5.32 Å². The number of benzene rings is 2. The molecule has 1 fully saturated rings. The van der Waals surface area contributed by atoms with Crippen LogP contribution in [0.3, 0.4) is 0 Å². The summed E-state index contributed by atoms with van der Waals surface area (Å²) in [5.41, 5.74) is 0.308. The Bertz CT molecular complexity index is 789. The zero-order valence-corrected chi connectivity index (χ0v) is 14.6. The Morgan fingerprint density at radius 1 is 1.15 bits per heavy atom. The highest BCUT2D eigenvalue weighted by Crippen LogP contribution is 2.31. The van der Waals surface area contributed by atoms with Crippen LogP contribution in [0, 0.1) is 11.7 Å². The smallest absolute Gasteiger partial charge is 0.326 e. The van der Waals surface area contributed by atoms with E-state index in [1.165, 1.54) is 24.3 Å². The molecule has 1 saturated heterocycles. The molecule has 3 nitrogen and oxygen atoms in total. The van der Waals surface area contributed by atoms with Gasteiger partial charge in [0.2, 0.25) is 5.91 Å².